The predicted molar refractivity (Wildman–Crippen MR) is 261 cm³/mol. The van der Waals surface area contributed by atoms with Crippen molar-refractivity contribution in [2.75, 3.05) is 13.2 Å². The Hall–Kier alpha value is -2.81. The Bertz CT molecular complexity index is 1670. The van der Waals surface area contributed by atoms with Crippen molar-refractivity contribution in [3.05, 3.63) is 0 Å². The van der Waals surface area contributed by atoms with Crippen LogP contribution in [0.4, 0.5) is 0 Å². The second-order valence-electron chi connectivity index (χ2n) is 24.0. The number of carboxylic acids is 2. The summed E-state index contributed by atoms with van der Waals surface area (Å²) in [6.45, 7) is 0.900. The van der Waals surface area contributed by atoms with Gasteiger partial charge in [-0.05, 0) is 202 Å². The molecule has 8 rings (SSSR count). The van der Waals surface area contributed by atoms with Gasteiger partial charge in [-0.1, -0.05) is 38.5 Å². The predicted octanol–water partition coefficient (Wildman–Crippen LogP) is 9.95. The molecule has 7 atom stereocenters. The molecular formula is C56H90N2O12. The highest BCUT2D eigenvalue weighted by Crippen LogP contribution is 2.45. The van der Waals surface area contributed by atoms with Crippen LogP contribution in [-0.4, -0.2) is 94.9 Å². The lowest BCUT2D eigenvalue weighted by molar-refractivity contribution is -0.158. The summed E-state index contributed by atoms with van der Waals surface area (Å²) < 4.78 is 25.0. The number of nitrogens with one attached hydrogen (secondary N) is 2. The summed E-state index contributed by atoms with van der Waals surface area (Å²) in [6, 6.07) is -0.390. The molecule has 0 aromatic heterocycles. The quantitative estimate of drug-likeness (QED) is 0.0641. The van der Waals surface area contributed by atoms with Gasteiger partial charge in [-0.25, -0.2) is 5.48 Å². The Morgan fingerprint density at radius 1 is 0.457 bits per heavy atom. The van der Waals surface area contributed by atoms with Crippen molar-refractivity contribution in [3.63, 3.8) is 0 Å². The third-order valence-electron chi connectivity index (χ3n) is 19.5. The number of hydrogen-bond acceptors (Lipinski definition) is 11. The highest BCUT2D eigenvalue weighted by molar-refractivity contribution is 5.86. The number of carbonyl (C=O) groups excluding carboxylic acids is 3. The number of carboxylic acid groups (broad SMARTS) is 2. The Morgan fingerprint density at radius 3 is 1.34 bits per heavy atom. The van der Waals surface area contributed by atoms with E-state index < -0.39 is 35.6 Å². The van der Waals surface area contributed by atoms with Crippen LogP contribution < -0.4 is 10.8 Å². The molecule has 8 aliphatic carbocycles. The molecule has 8 fully saturated rings. The first kappa shape index (κ1) is 53.5. The van der Waals surface area contributed by atoms with Crippen LogP contribution >= 0.6 is 0 Å². The molecule has 0 radical (unpaired) electrons. The minimum atomic E-state index is -0.962. The Labute approximate surface area is 417 Å². The van der Waals surface area contributed by atoms with Crippen LogP contribution in [0.15, 0.2) is 0 Å². The zero-order valence-electron chi connectivity index (χ0n) is 42.4. The number of ether oxygens (including phenoxy) is 4. The molecule has 70 heavy (non-hydrogen) atoms. The maximum atomic E-state index is 13.6. The molecule has 1 amide bonds. The van der Waals surface area contributed by atoms with Gasteiger partial charge in [-0.3, -0.25) is 24.0 Å². The van der Waals surface area contributed by atoms with E-state index in [2.05, 4.69) is 10.8 Å². The molecule has 0 aliphatic heterocycles. The fourth-order valence-corrected chi connectivity index (χ4v) is 15.2. The zero-order chi connectivity index (χ0) is 49.0. The number of aliphatic carboxylic acids is 2. The second kappa shape index (κ2) is 26.4. The van der Waals surface area contributed by atoms with Crippen molar-refractivity contribution in [1.82, 2.24) is 10.8 Å². The van der Waals surface area contributed by atoms with E-state index >= 15 is 0 Å². The lowest BCUT2D eigenvalue weighted by atomic mass is 9.66. The van der Waals surface area contributed by atoms with Crippen LogP contribution in [0.2, 0.25) is 0 Å². The molecule has 14 nitrogen and oxygen atoms in total. The lowest BCUT2D eigenvalue weighted by Gasteiger charge is -2.43. The van der Waals surface area contributed by atoms with Gasteiger partial charge in [0.05, 0.1) is 67.2 Å². The van der Waals surface area contributed by atoms with Gasteiger partial charge in [-0.2, -0.15) is 0 Å². The van der Waals surface area contributed by atoms with E-state index in [0.29, 0.717) is 57.2 Å². The molecule has 14 heteroatoms. The topological polar surface area (TPSA) is 207 Å². The second-order valence-corrected chi connectivity index (χ2v) is 24.0. The van der Waals surface area contributed by atoms with Gasteiger partial charge in [0.15, 0.2) is 0 Å². The van der Waals surface area contributed by atoms with Crippen LogP contribution in [0.25, 0.3) is 0 Å². The molecule has 7 unspecified atom stereocenters. The third-order valence-corrected chi connectivity index (χ3v) is 19.5. The maximum Gasteiger partial charge on any atom is 0.308 e. The molecule has 0 saturated heterocycles. The number of rotatable bonds is 18. The normalized spacial score (nSPS) is 37.6. The molecule has 0 spiro atoms. The Balaban J connectivity index is 0.696. The fourth-order valence-electron chi connectivity index (χ4n) is 15.2. The van der Waals surface area contributed by atoms with Crippen molar-refractivity contribution < 1.29 is 58.3 Å². The van der Waals surface area contributed by atoms with Gasteiger partial charge in [0.25, 0.3) is 0 Å². The maximum absolute atomic E-state index is 13.6. The van der Waals surface area contributed by atoms with Gasteiger partial charge >= 0.3 is 23.9 Å². The summed E-state index contributed by atoms with van der Waals surface area (Å²) in [5.74, 6) is -3.27. The SMILES string of the molecule is O=C(OCC1CCCCC1)C1CCC(C(=O)O)C(C(=O)NC2CCC(OC3CCC(C4CCC(OC5CCC(C(NO)C6CC(C(=O)OCC7CCCCC7)CCC6C(=O)O)CC5)CC4)CC3)CC2)C1. The van der Waals surface area contributed by atoms with Gasteiger partial charge < -0.3 is 39.7 Å². The molecule has 5 N–H and O–H groups in total. The van der Waals surface area contributed by atoms with Gasteiger partial charge in [0.2, 0.25) is 5.91 Å². The summed E-state index contributed by atoms with van der Waals surface area (Å²) in [5.41, 5.74) is 2.56. The Kier molecular flexibility index (Phi) is 20.2. The standard InChI is InChI=1S/C56H90N2O12/c59-52(50-32-41(18-30-48(50)54(62)63)56(65)68-34-36-9-5-2-6-10-36)57-42-19-27-46(28-20-42)70-44-23-13-38(14-24-44)37-11-21-43(22-12-37)69-45-25-15-39(16-26-45)51(58-66)49-31-40(17-29-47(49)53(60)61)55(64)67-33-35-7-3-1-4-8-35/h35-51,58,66H,1-34H2,(H,57,59)(H,60,61)(H,62,63). The minimum absolute atomic E-state index is 0.00965. The lowest BCUT2D eigenvalue weighted by Crippen LogP contribution is -2.50. The van der Waals surface area contributed by atoms with Crippen molar-refractivity contribution in [1.29, 1.82) is 0 Å². The first-order valence-corrected chi connectivity index (χ1v) is 28.8. The molecule has 0 heterocycles. The summed E-state index contributed by atoms with van der Waals surface area (Å²) in [5, 5.41) is 33.8. The van der Waals surface area contributed by atoms with Gasteiger partial charge in [-0.15, -0.1) is 0 Å². The van der Waals surface area contributed by atoms with Crippen LogP contribution in [0.1, 0.15) is 205 Å². The minimum Gasteiger partial charge on any atom is -0.481 e. The van der Waals surface area contributed by atoms with E-state index in [-0.39, 0.29) is 78.5 Å². The van der Waals surface area contributed by atoms with Crippen LogP contribution in [0, 0.1) is 65.1 Å². The molecule has 0 bridgehead atoms. The van der Waals surface area contributed by atoms with E-state index in [1.54, 1.807) is 0 Å². The van der Waals surface area contributed by atoms with E-state index in [4.69, 9.17) is 18.9 Å². The first-order chi connectivity index (χ1) is 34.0. The number of hydrogen-bond donors (Lipinski definition) is 5. The van der Waals surface area contributed by atoms with Crippen molar-refractivity contribution in [2.24, 2.45) is 65.1 Å². The largest absolute Gasteiger partial charge is 0.481 e. The van der Waals surface area contributed by atoms with Crippen molar-refractivity contribution >= 4 is 29.8 Å². The average molecular weight is 983 g/mol. The average Bonchev–Trinajstić information content (AvgIpc) is 3.39. The number of amides is 1. The molecule has 0 aromatic rings. The number of esters is 2. The summed E-state index contributed by atoms with van der Waals surface area (Å²) in [4.78, 5) is 64.5. The molecule has 8 saturated carbocycles. The highest BCUT2D eigenvalue weighted by atomic mass is 16.5. The first-order valence-electron chi connectivity index (χ1n) is 28.8. The number of hydroxylamine groups is 1. The van der Waals surface area contributed by atoms with Crippen LogP contribution in [0.3, 0.4) is 0 Å². The summed E-state index contributed by atoms with van der Waals surface area (Å²) in [7, 11) is 0. The van der Waals surface area contributed by atoms with Crippen LogP contribution in [-0.2, 0) is 42.9 Å². The molecular weight excluding hydrogens is 893 g/mol. The van der Waals surface area contributed by atoms with Crippen molar-refractivity contribution in [3.8, 4) is 0 Å². The number of carbonyl (C=O) groups is 5. The fraction of sp³-hybridized carbons (Fsp3) is 0.911. The Morgan fingerprint density at radius 2 is 0.886 bits per heavy atom. The van der Waals surface area contributed by atoms with Gasteiger partial charge in [0.1, 0.15) is 0 Å². The van der Waals surface area contributed by atoms with E-state index in [1.807, 2.05) is 0 Å². The molecule has 396 valence electrons. The molecule has 8 aliphatic rings. The summed E-state index contributed by atoms with van der Waals surface area (Å²) >= 11 is 0. The molecule has 0 aromatic carbocycles. The van der Waals surface area contributed by atoms with E-state index in [9.17, 15) is 39.4 Å². The third kappa shape index (κ3) is 14.7. The van der Waals surface area contributed by atoms with Gasteiger partial charge in [0, 0.05) is 12.1 Å². The van der Waals surface area contributed by atoms with Crippen molar-refractivity contribution in [2.45, 2.75) is 242 Å². The monoisotopic (exact) mass is 983 g/mol. The van der Waals surface area contributed by atoms with E-state index in [1.165, 1.54) is 64.2 Å². The van der Waals surface area contributed by atoms with E-state index in [0.717, 1.165) is 115 Å². The zero-order valence-corrected chi connectivity index (χ0v) is 42.4. The highest BCUT2D eigenvalue weighted by Gasteiger charge is 2.46. The van der Waals surface area contributed by atoms with Crippen LogP contribution in [0.5, 0.6) is 0 Å². The smallest absolute Gasteiger partial charge is 0.308 e. The summed E-state index contributed by atoms with van der Waals surface area (Å²) in [6.07, 6.45) is 30.9.